The van der Waals surface area contributed by atoms with Crippen LogP contribution in [0.5, 0.6) is 0 Å². The highest BCUT2D eigenvalue weighted by Crippen LogP contribution is 2.43. The van der Waals surface area contributed by atoms with Gasteiger partial charge in [-0.2, -0.15) is 18.4 Å². The number of carboxylic acid groups (broad SMARTS) is 1. The maximum absolute atomic E-state index is 13.5. The minimum absolute atomic E-state index is 0.00658. The van der Waals surface area contributed by atoms with Crippen molar-refractivity contribution in [3.05, 3.63) is 86.5 Å². The predicted octanol–water partition coefficient (Wildman–Crippen LogP) is 3.99. The number of benzene rings is 2. The molecule has 1 aliphatic heterocycles. The molecule has 41 heavy (non-hydrogen) atoms. The van der Waals surface area contributed by atoms with Crippen molar-refractivity contribution in [1.29, 1.82) is 5.26 Å². The van der Waals surface area contributed by atoms with Gasteiger partial charge in [0.15, 0.2) is 0 Å². The number of nitrogens with one attached hydrogen (secondary N) is 2. The molecule has 4 rings (SSSR count). The summed E-state index contributed by atoms with van der Waals surface area (Å²) in [4.78, 5) is 29.3. The third kappa shape index (κ3) is 5.89. The van der Waals surface area contributed by atoms with E-state index in [1.54, 1.807) is 12.1 Å². The normalized spacial score (nSPS) is 15.3. The second-order valence-corrected chi connectivity index (χ2v) is 9.52. The lowest BCUT2D eigenvalue weighted by atomic mass is 9.90. The topological polar surface area (TPSA) is 130 Å². The van der Waals surface area contributed by atoms with Crippen LogP contribution < -0.4 is 15.9 Å². The van der Waals surface area contributed by atoms with Crippen LogP contribution in [0.2, 0.25) is 0 Å². The van der Waals surface area contributed by atoms with Crippen molar-refractivity contribution in [3.8, 4) is 6.07 Å². The first-order chi connectivity index (χ1) is 19.5. The number of hydrogen-bond acceptors (Lipinski definition) is 7. The Labute approximate surface area is 234 Å². The summed E-state index contributed by atoms with van der Waals surface area (Å²) in [6.45, 7) is 9.05. The zero-order chi connectivity index (χ0) is 29.9. The van der Waals surface area contributed by atoms with Crippen LogP contribution in [-0.4, -0.2) is 56.9 Å². The van der Waals surface area contributed by atoms with E-state index in [4.69, 9.17) is 0 Å². The van der Waals surface area contributed by atoms with Gasteiger partial charge in [-0.3, -0.25) is 4.90 Å². The number of H-pyrrole nitrogens is 1. The van der Waals surface area contributed by atoms with Crippen molar-refractivity contribution in [2.45, 2.75) is 39.5 Å². The monoisotopic (exact) mass is 569 g/mol. The van der Waals surface area contributed by atoms with Gasteiger partial charge >= 0.3 is 17.8 Å². The van der Waals surface area contributed by atoms with Crippen molar-refractivity contribution in [1.82, 2.24) is 25.0 Å². The molecule has 0 unspecified atom stereocenters. The van der Waals surface area contributed by atoms with Gasteiger partial charge in [-0.1, -0.05) is 26.0 Å². The zero-order valence-corrected chi connectivity index (χ0v) is 22.8. The molecule has 3 aromatic rings. The Bertz CT molecular complexity index is 1560. The molecule has 2 aromatic carbocycles. The lowest BCUT2D eigenvalue weighted by molar-refractivity contribution is -0.137. The van der Waals surface area contributed by atoms with Gasteiger partial charge in [0.1, 0.15) is 6.04 Å². The molecule has 0 radical (unpaired) electrons. The van der Waals surface area contributed by atoms with Crippen LogP contribution in [-0.2, 0) is 17.5 Å². The number of hydrogen-bond donors (Lipinski definition) is 3. The molecular weight excluding hydrogens is 539 g/mol. The molecule has 0 spiro atoms. The molecule has 216 valence electrons. The van der Waals surface area contributed by atoms with Crippen LogP contribution >= 0.6 is 0 Å². The summed E-state index contributed by atoms with van der Waals surface area (Å²) in [5.74, 6) is -1.42. The SMILES string of the molecule is CCN(CC)CCNCc1cc(C#N)ccc1[C@@H]1C(C(=O)O)=C(C)N(c2cccc(C(F)(F)F)c2)c2n[nH]c(=O)n21. The number of aliphatic carboxylic acids is 1. The maximum atomic E-state index is 13.5. The summed E-state index contributed by atoms with van der Waals surface area (Å²) in [5, 5.41) is 29.6. The number of halogens is 3. The number of carbonyl (C=O) groups is 1. The Morgan fingerprint density at radius 1 is 1.22 bits per heavy atom. The molecular formula is C28H30F3N7O3. The summed E-state index contributed by atoms with van der Waals surface area (Å²) in [6.07, 6.45) is -4.64. The predicted molar refractivity (Wildman–Crippen MR) is 146 cm³/mol. The number of nitriles is 1. The molecule has 1 aromatic heterocycles. The smallest absolute Gasteiger partial charge is 0.416 e. The third-order valence-corrected chi connectivity index (χ3v) is 7.19. The highest BCUT2D eigenvalue weighted by Gasteiger charge is 2.40. The second-order valence-electron chi connectivity index (χ2n) is 9.52. The number of rotatable bonds is 10. The Morgan fingerprint density at radius 3 is 2.59 bits per heavy atom. The summed E-state index contributed by atoms with van der Waals surface area (Å²) in [6, 6.07) is 10.1. The summed E-state index contributed by atoms with van der Waals surface area (Å²) >= 11 is 0. The van der Waals surface area contributed by atoms with Crippen LogP contribution in [0, 0.1) is 11.3 Å². The number of fused-ring (bicyclic) bond motifs is 1. The number of aromatic amines is 1. The lowest BCUT2D eigenvalue weighted by Gasteiger charge is -2.35. The summed E-state index contributed by atoms with van der Waals surface area (Å²) in [5.41, 5.74) is -0.391. The van der Waals surface area contributed by atoms with Crippen molar-refractivity contribution in [2.24, 2.45) is 0 Å². The molecule has 0 amide bonds. The first-order valence-corrected chi connectivity index (χ1v) is 13.1. The minimum atomic E-state index is -4.64. The Balaban J connectivity index is 1.85. The van der Waals surface area contributed by atoms with Gasteiger partial charge in [0.05, 0.1) is 22.8 Å². The van der Waals surface area contributed by atoms with Gasteiger partial charge in [-0.15, -0.1) is 5.10 Å². The van der Waals surface area contributed by atoms with Gasteiger partial charge < -0.3 is 15.3 Å². The van der Waals surface area contributed by atoms with Gasteiger partial charge in [0, 0.05) is 31.0 Å². The van der Waals surface area contributed by atoms with E-state index in [1.165, 1.54) is 30.0 Å². The molecule has 1 aliphatic rings. The van der Waals surface area contributed by atoms with Crippen molar-refractivity contribution >= 4 is 17.6 Å². The summed E-state index contributed by atoms with van der Waals surface area (Å²) < 4.78 is 41.6. The van der Waals surface area contributed by atoms with E-state index in [0.29, 0.717) is 23.2 Å². The summed E-state index contributed by atoms with van der Waals surface area (Å²) in [7, 11) is 0. The Kier molecular flexibility index (Phi) is 8.65. The molecule has 0 saturated heterocycles. The molecule has 0 saturated carbocycles. The number of anilines is 2. The third-order valence-electron chi connectivity index (χ3n) is 7.19. The van der Waals surface area contributed by atoms with Crippen LogP contribution in [0.15, 0.2) is 58.5 Å². The van der Waals surface area contributed by atoms with E-state index in [-0.39, 0.29) is 29.5 Å². The van der Waals surface area contributed by atoms with E-state index in [2.05, 4.69) is 40.3 Å². The molecule has 1 atom stereocenters. The molecule has 2 heterocycles. The molecule has 0 fully saturated rings. The number of likely N-dealkylation sites (N-methyl/N-ethyl adjacent to an activating group) is 1. The number of alkyl halides is 3. The van der Waals surface area contributed by atoms with Crippen molar-refractivity contribution in [3.63, 3.8) is 0 Å². The fourth-order valence-corrected chi connectivity index (χ4v) is 5.08. The average molecular weight is 570 g/mol. The fraction of sp³-hybridized carbons (Fsp3) is 0.357. The first kappa shape index (κ1) is 29.6. The molecule has 3 N–H and O–H groups in total. The van der Waals surface area contributed by atoms with Gasteiger partial charge in [0.2, 0.25) is 5.95 Å². The minimum Gasteiger partial charge on any atom is -0.478 e. The number of aromatic nitrogens is 3. The van der Waals surface area contributed by atoms with Crippen LogP contribution in [0.3, 0.4) is 0 Å². The van der Waals surface area contributed by atoms with Gasteiger partial charge in [-0.25, -0.2) is 19.3 Å². The highest BCUT2D eigenvalue weighted by molar-refractivity contribution is 5.92. The van der Waals surface area contributed by atoms with Gasteiger partial charge in [0.25, 0.3) is 0 Å². The molecule has 10 nitrogen and oxygen atoms in total. The zero-order valence-electron chi connectivity index (χ0n) is 22.8. The fourth-order valence-electron chi connectivity index (χ4n) is 5.08. The largest absolute Gasteiger partial charge is 0.478 e. The van der Waals surface area contributed by atoms with Crippen molar-refractivity contribution < 1.29 is 23.1 Å². The van der Waals surface area contributed by atoms with E-state index in [1.807, 2.05) is 0 Å². The number of allylic oxidation sites excluding steroid dienone is 1. The van der Waals surface area contributed by atoms with E-state index in [9.17, 15) is 33.1 Å². The Hall–Kier alpha value is -4.41. The standard InChI is InChI=1S/C28H30F3N7O3/c1-4-36(5-2)12-11-33-16-19-13-18(15-32)9-10-22(19)24-23(25(39)40)17(3)37(26-34-35-27(41)38(24)26)21-8-6-7-20(14-21)28(29,30)31/h6-10,13-14,24,33H,4-5,11-12,16H2,1-3H3,(H,35,41)(H,39,40)/t24-/m1/s1. The van der Waals surface area contributed by atoms with Crippen molar-refractivity contribution in [2.75, 3.05) is 31.1 Å². The van der Waals surface area contributed by atoms with Gasteiger partial charge in [-0.05, 0) is 61.5 Å². The number of nitrogens with zero attached hydrogens (tertiary/aromatic N) is 5. The molecule has 0 aliphatic carbocycles. The van der Waals surface area contributed by atoms with Crippen LogP contribution in [0.1, 0.15) is 49.1 Å². The van der Waals surface area contributed by atoms with E-state index < -0.39 is 29.4 Å². The number of carboxylic acids is 1. The van der Waals surface area contributed by atoms with Crippen LogP contribution in [0.25, 0.3) is 0 Å². The quantitative estimate of drug-likeness (QED) is 0.313. The van der Waals surface area contributed by atoms with E-state index >= 15 is 0 Å². The molecule has 13 heteroatoms. The Morgan fingerprint density at radius 2 is 1.95 bits per heavy atom. The lowest BCUT2D eigenvalue weighted by Crippen LogP contribution is -2.38. The van der Waals surface area contributed by atoms with Crippen LogP contribution in [0.4, 0.5) is 24.8 Å². The van der Waals surface area contributed by atoms with E-state index in [0.717, 1.165) is 36.3 Å². The maximum Gasteiger partial charge on any atom is 0.416 e. The molecule has 0 bridgehead atoms. The second kappa shape index (κ2) is 12.0. The first-order valence-electron chi connectivity index (χ1n) is 13.1. The highest BCUT2D eigenvalue weighted by atomic mass is 19.4. The average Bonchev–Trinajstić information content (AvgIpc) is 3.32.